The van der Waals surface area contributed by atoms with Gasteiger partial charge in [-0.25, -0.2) is 8.42 Å². The molecule has 0 unspecified atom stereocenters. The van der Waals surface area contributed by atoms with Crippen LogP contribution in [0.3, 0.4) is 0 Å². The van der Waals surface area contributed by atoms with Gasteiger partial charge in [-0.2, -0.15) is 13.2 Å². The fourth-order valence-corrected chi connectivity index (χ4v) is 6.50. The van der Waals surface area contributed by atoms with Gasteiger partial charge in [0, 0.05) is 24.6 Å². The van der Waals surface area contributed by atoms with E-state index in [4.69, 9.17) is 0 Å². The third-order valence-corrected chi connectivity index (χ3v) is 10.5. The van der Waals surface area contributed by atoms with Gasteiger partial charge in [0.05, 0.1) is 16.4 Å². The minimum absolute atomic E-state index is 0.0480. The van der Waals surface area contributed by atoms with E-state index in [0.29, 0.717) is 12.8 Å². The molecule has 5 atom stereocenters. The van der Waals surface area contributed by atoms with Crippen molar-refractivity contribution >= 4 is 33.4 Å². The second kappa shape index (κ2) is 10.5. The summed E-state index contributed by atoms with van der Waals surface area (Å²) in [5.74, 6) is -2.84. The van der Waals surface area contributed by atoms with Crippen LogP contribution in [0.1, 0.15) is 58.9 Å². The van der Waals surface area contributed by atoms with Crippen LogP contribution >= 0.6 is 0 Å². The molecule has 0 radical (unpaired) electrons. The van der Waals surface area contributed by atoms with Gasteiger partial charge in [-0.05, 0) is 49.8 Å². The van der Waals surface area contributed by atoms with Crippen molar-refractivity contribution in [3.63, 3.8) is 0 Å². The van der Waals surface area contributed by atoms with Crippen LogP contribution in [-0.2, 0) is 30.6 Å². The van der Waals surface area contributed by atoms with E-state index in [0.717, 1.165) is 17.0 Å². The molecule has 14 heteroatoms. The number of amides is 3. The Hall–Kier alpha value is -3.13. The van der Waals surface area contributed by atoms with E-state index in [1.807, 2.05) is 0 Å². The van der Waals surface area contributed by atoms with Gasteiger partial charge in [0.2, 0.25) is 21.8 Å². The second-order valence-corrected chi connectivity index (χ2v) is 15.0. The highest BCUT2D eigenvalue weighted by Crippen LogP contribution is 2.47. The van der Waals surface area contributed by atoms with Gasteiger partial charge < -0.3 is 20.6 Å². The molecule has 1 heterocycles. The monoisotopic (exact) mass is 614 g/mol. The molecule has 0 spiro atoms. The molecule has 1 aromatic carbocycles. The maximum atomic E-state index is 13.9. The van der Waals surface area contributed by atoms with Crippen molar-refractivity contribution in [1.82, 2.24) is 14.9 Å². The number of anilines is 1. The van der Waals surface area contributed by atoms with E-state index in [1.165, 1.54) is 25.1 Å². The maximum Gasteiger partial charge on any atom is 0.416 e. The predicted octanol–water partition coefficient (Wildman–Crippen LogP) is 2.55. The van der Waals surface area contributed by atoms with Gasteiger partial charge in [0.15, 0.2) is 0 Å². The van der Waals surface area contributed by atoms with E-state index in [1.54, 1.807) is 20.8 Å². The van der Waals surface area contributed by atoms with Crippen LogP contribution in [0.4, 0.5) is 18.9 Å². The summed E-state index contributed by atoms with van der Waals surface area (Å²) in [4.78, 5) is 41.8. The van der Waals surface area contributed by atoms with E-state index >= 15 is 0 Å². The Labute approximate surface area is 243 Å². The molecule has 2 aliphatic carbocycles. The van der Waals surface area contributed by atoms with Gasteiger partial charge in [-0.3, -0.25) is 19.1 Å². The molecular formula is C28H37F3N4O6S. The van der Waals surface area contributed by atoms with Gasteiger partial charge in [-0.1, -0.05) is 32.9 Å². The van der Waals surface area contributed by atoms with Crippen molar-refractivity contribution in [2.75, 3.05) is 11.9 Å². The van der Waals surface area contributed by atoms with Gasteiger partial charge in [0.25, 0.3) is 5.91 Å². The number of hydrogen-bond donors (Lipinski definition) is 4. The third-order valence-electron chi connectivity index (χ3n) is 8.36. The number of halogens is 3. The molecule has 2 saturated carbocycles. The molecule has 42 heavy (non-hydrogen) atoms. The van der Waals surface area contributed by atoms with Crippen molar-refractivity contribution in [1.29, 1.82) is 0 Å². The van der Waals surface area contributed by atoms with Crippen LogP contribution in [0.2, 0.25) is 0 Å². The second-order valence-electron chi connectivity index (χ2n) is 12.8. The van der Waals surface area contributed by atoms with Crippen LogP contribution < -0.4 is 15.4 Å². The van der Waals surface area contributed by atoms with Crippen LogP contribution in [0, 0.1) is 11.3 Å². The Kier molecular flexibility index (Phi) is 7.98. The first kappa shape index (κ1) is 31.8. The summed E-state index contributed by atoms with van der Waals surface area (Å²) in [5.41, 5.74) is -3.27. The summed E-state index contributed by atoms with van der Waals surface area (Å²) in [7, 11) is -3.99. The smallest absolute Gasteiger partial charge is 0.391 e. The first-order valence-corrected chi connectivity index (χ1v) is 15.2. The Morgan fingerprint density at radius 3 is 2.36 bits per heavy atom. The first-order chi connectivity index (χ1) is 19.2. The lowest BCUT2D eigenvalue weighted by Gasteiger charge is -2.36. The summed E-state index contributed by atoms with van der Waals surface area (Å²) in [6, 6.07) is 2.10. The molecule has 1 aromatic rings. The highest BCUT2D eigenvalue weighted by atomic mass is 32.2. The molecule has 1 aliphatic heterocycles. The van der Waals surface area contributed by atoms with Crippen molar-refractivity contribution in [3.05, 3.63) is 42.5 Å². The number of carbonyl (C=O) groups is 3. The van der Waals surface area contributed by atoms with E-state index in [9.17, 15) is 41.1 Å². The Balaban J connectivity index is 1.55. The van der Waals surface area contributed by atoms with Gasteiger partial charge in [-0.15, -0.1) is 6.58 Å². The van der Waals surface area contributed by atoms with Gasteiger partial charge >= 0.3 is 6.18 Å². The number of benzene rings is 1. The quantitative estimate of drug-likeness (QED) is 0.313. The predicted molar refractivity (Wildman–Crippen MR) is 148 cm³/mol. The van der Waals surface area contributed by atoms with Crippen molar-refractivity contribution in [2.45, 2.75) is 88.0 Å². The van der Waals surface area contributed by atoms with E-state index < -0.39 is 79.3 Å². The molecule has 10 nitrogen and oxygen atoms in total. The first-order valence-electron chi connectivity index (χ1n) is 13.7. The lowest BCUT2D eigenvalue weighted by molar-refractivity contribution is -0.141. The molecule has 3 fully saturated rings. The largest absolute Gasteiger partial charge is 0.416 e. The molecule has 3 aliphatic rings. The number of aliphatic hydroxyl groups is 1. The molecule has 0 bridgehead atoms. The number of sulfonamides is 1. The maximum absolute atomic E-state index is 13.9. The Bertz CT molecular complexity index is 1390. The Morgan fingerprint density at radius 1 is 1.19 bits per heavy atom. The SMILES string of the molecule is C=C[C@@H]1C[C@]1(NC(=O)[C@@H]1C[C@@H](O)CN1C(=O)[C@@H](Nc1cccc(C(F)(F)F)c1)C(C)(C)C)C(=O)NS(=O)(=O)C1(C)CC1. The summed E-state index contributed by atoms with van der Waals surface area (Å²) in [5, 5.41) is 15.9. The topological polar surface area (TPSA) is 145 Å². The number of nitrogens with zero attached hydrogens (tertiary/aromatic N) is 1. The highest BCUT2D eigenvalue weighted by molar-refractivity contribution is 7.91. The zero-order chi connectivity index (χ0) is 31.5. The molecule has 3 amide bonds. The van der Waals surface area contributed by atoms with Crippen LogP contribution in [0.15, 0.2) is 36.9 Å². The summed E-state index contributed by atoms with van der Waals surface area (Å²) in [6.45, 7) is 10.1. The highest BCUT2D eigenvalue weighted by Gasteiger charge is 2.63. The number of β-amino-alcohol motifs (C(OH)–C–C–N with tert-alkyl or cyclic N) is 1. The van der Waals surface area contributed by atoms with Crippen molar-refractivity contribution in [3.8, 4) is 0 Å². The van der Waals surface area contributed by atoms with Crippen molar-refractivity contribution < 1.29 is 41.1 Å². The minimum Gasteiger partial charge on any atom is -0.391 e. The van der Waals surface area contributed by atoms with Crippen LogP contribution in [-0.4, -0.2) is 71.2 Å². The lowest BCUT2D eigenvalue weighted by Crippen LogP contribution is -2.59. The molecule has 4 rings (SSSR count). The average molecular weight is 615 g/mol. The summed E-state index contributed by atoms with van der Waals surface area (Å²) < 4.78 is 66.3. The number of likely N-dealkylation sites (tertiary alicyclic amines) is 1. The third kappa shape index (κ3) is 6.14. The number of carbonyl (C=O) groups excluding carboxylic acids is 3. The van der Waals surface area contributed by atoms with Crippen LogP contribution in [0.25, 0.3) is 0 Å². The normalized spacial score (nSPS) is 27.5. The van der Waals surface area contributed by atoms with E-state index in [-0.39, 0.29) is 25.1 Å². The standard InChI is InChI=1S/C28H37F3N4O6S/c1-6-16-14-27(16,24(39)34-42(40,41)26(5)10-11-26)33-22(37)20-13-19(36)15-35(20)23(38)21(25(2,3)4)32-18-9-7-8-17(12-18)28(29,30)31/h6-9,12,16,19-21,32,36H,1,10-11,13-15H2,2-5H3,(H,33,37)(H,34,39)/t16-,19-,20+,21-,27-/m1/s1. The number of nitrogens with one attached hydrogen (secondary N) is 3. The molecule has 232 valence electrons. The fraction of sp³-hybridized carbons (Fsp3) is 0.607. The number of rotatable bonds is 9. The summed E-state index contributed by atoms with van der Waals surface area (Å²) >= 11 is 0. The fourth-order valence-electron chi connectivity index (χ4n) is 5.19. The minimum atomic E-state index is -4.59. The lowest BCUT2D eigenvalue weighted by atomic mass is 9.85. The molecule has 1 saturated heterocycles. The average Bonchev–Trinajstić information content (AvgIpc) is 3.76. The number of hydrogen-bond acceptors (Lipinski definition) is 7. The zero-order valence-electron chi connectivity index (χ0n) is 23.9. The number of alkyl halides is 3. The zero-order valence-corrected chi connectivity index (χ0v) is 24.7. The number of aliphatic hydroxyl groups excluding tert-OH is 1. The molecule has 4 N–H and O–H groups in total. The molecular weight excluding hydrogens is 577 g/mol. The van der Waals surface area contributed by atoms with Crippen LogP contribution in [0.5, 0.6) is 0 Å². The van der Waals surface area contributed by atoms with E-state index in [2.05, 4.69) is 21.9 Å². The summed E-state index contributed by atoms with van der Waals surface area (Å²) in [6.07, 6.45) is -3.47. The Morgan fingerprint density at radius 2 is 1.83 bits per heavy atom. The van der Waals surface area contributed by atoms with Crippen molar-refractivity contribution in [2.24, 2.45) is 11.3 Å². The van der Waals surface area contributed by atoms with Gasteiger partial charge in [0.1, 0.15) is 17.6 Å². The molecule has 0 aromatic heterocycles.